The lowest BCUT2D eigenvalue weighted by molar-refractivity contribution is -0.145. The molecule has 1 unspecified atom stereocenters. The zero-order valence-electron chi connectivity index (χ0n) is 12.4. The Hall–Kier alpha value is -2.37. The van der Waals surface area contributed by atoms with Crippen LogP contribution in [-0.2, 0) is 16.0 Å². The first-order valence-corrected chi connectivity index (χ1v) is 6.83. The molecule has 1 heterocycles. The highest BCUT2D eigenvalue weighted by Gasteiger charge is 2.28. The predicted octanol–water partition coefficient (Wildman–Crippen LogP) is 2.02. The maximum atomic E-state index is 12.2. The average Bonchev–Trinajstić information content (AvgIpc) is 2.96. The van der Waals surface area contributed by atoms with Gasteiger partial charge >= 0.3 is 5.97 Å². The van der Waals surface area contributed by atoms with E-state index in [9.17, 15) is 4.79 Å². The molecule has 0 saturated heterocycles. The van der Waals surface area contributed by atoms with Crippen molar-refractivity contribution in [2.45, 2.75) is 19.3 Å². The van der Waals surface area contributed by atoms with Gasteiger partial charge in [0, 0.05) is 14.1 Å². The van der Waals surface area contributed by atoms with E-state index in [1.54, 1.807) is 11.8 Å². The molecule has 0 saturated carbocycles. The quantitative estimate of drug-likeness (QED) is 0.758. The van der Waals surface area contributed by atoms with E-state index in [1.807, 2.05) is 44.4 Å². The minimum absolute atomic E-state index is 0.279. The molecule has 0 N–H and O–H groups in total. The number of aromatic nitrogens is 2. The zero-order valence-corrected chi connectivity index (χ0v) is 12.4. The molecule has 0 amide bonds. The van der Waals surface area contributed by atoms with Crippen LogP contribution in [0.2, 0.25) is 0 Å². The number of carbonyl (C=O) groups is 1. The molecular formula is C15H19N3O3. The fraction of sp³-hybridized carbons (Fsp3) is 0.400. The Kier molecular flexibility index (Phi) is 4.92. The summed E-state index contributed by atoms with van der Waals surface area (Å²) in [5, 5.41) is 3.85. The third-order valence-electron chi connectivity index (χ3n) is 2.98. The third kappa shape index (κ3) is 3.81. The number of rotatable bonds is 6. The lowest BCUT2D eigenvalue weighted by Gasteiger charge is -2.11. The normalized spacial score (nSPS) is 12.0. The third-order valence-corrected chi connectivity index (χ3v) is 2.98. The molecule has 6 nitrogen and oxygen atoms in total. The minimum Gasteiger partial charge on any atom is -0.465 e. The lowest BCUT2D eigenvalue weighted by Crippen LogP contribution is -2.19. The second-order valence-electron chi connectivity index (χ2n) is 4.82. The van der Waals surface area contributed by atoms with Gasteiger partial charge in [-0.2, -0.15) is 4.98 Å². The van der Waals surface area contributed by atoms with Crippen LogP contribution in [0.4, 0.5) is 5.95 Å². The molecule has 2 aromatic rings. The SMILES string of the molecule is CCOC(=O)C(Cc1ccccc1)c1nc(N(C)C)no1. The predicted molar refractivity (Wildman–Crippen MR) is 78.1 cm³/mol. The Morgan fingerprint density at radius 1 is 1.33 bits per heavy atom. The van der Waals surface area contributed by atoms with Crippen LogP contribution < -0.4 is 4.90 Å². The summed E-state index contributed by atoms with van der Waals surface area (Å²) in [5.74, 6) is -0.225. The molecule has 0 aliphatic heterocycles. The number of hydrogen-bond donors (Lipinski definition) is 0. The Bertz CT molecular complexity index is 581. The highest BCUT2D eigenvalue weighted by molar-refractivity contribution is 5.77. The minimum atomic E-state index is -0.589. The van der Waals surface area contributed by atoms with Gasteiger partial charge in [-0.3, -0.25) is 4.79 Å². The summed E-state index contributed by atoms with van der Waals surface area (Å²) in [6.07, 6.45) is 0.467. The van der Waals surface area contributed by atoms with E-state index in [1.165, 1.54) is 0 Å². The van der Waals surface area contributed by atoms with Gasteiger partial charge in [-0.25, -0.2) is 0 Å². The molecule has 0 fully saturated rings. The van der Waals surface area contributed by atoms with Crippen molar-refractivity contribution in [3.8, 4) is 0 Å². The molecule has 0 aliphatic rings. The van der Waals surface area contributed by atoms with Crippen LogP contribution in [0, 0.1) is 0 Å². The summed E-state index contributed by atoms with van der Waals surface area (Å²) >= 11 is 0. The van der Waals surface area contributed by atoms with Crippen LogP contribution >= 0.6 is 0 Å². The Balaban J connectivity index is 2.24. The second kappa shape index (κ2) is 6.88. The van der Waals surface area contributed by atoms with E-state index < -0.39 is 5.92 Å². The first kappa shape index (κ1) is 15.0. The number of ether oxygens (including phenoxy) is 1. The fourth-order valence-electron chi connectivity index (χ4n) is 1.91. The summed E-state index contributed by atoms with van der Waals surface area (Å²) in [7, 11) is 3.62. The molecule has 0 radical (unpaired) electrons. The molecule has 6 heteroatoms. The molecule has 1 aromatic heterocycles. The molecule has 21 heavy (non-hydrogen) atoms. The van der Waals surface area contributed by atoms with Gasteiger partial charge in [-0.15, -0.1) is 0 Å². The molecule has 0 spiro atoms. The van der Waals surface area contributed by atoms with Crippen molar-refractivity contribution < 1.29 is 14.1 Å². The van der Waals surface area contributed by atoms with Crippen molar-refractivity contribution in [2.24, 2.45) is 0 Å². The molecular weight excluding hydrogens is 270 g/mol. The number of hydrogen-bond acceptors (Lipinski definition) is 6. The van der Waals surface area contributed by atoms with Crippen molar-refractivity contribution in [1.82, 2.24) is 10.1 Å². The maximum absolute atomic E-state index is 12.2. The van der Waals surface area contributed by atoms with Crippen molar-refractivity contribution in [3.05, 3.63) is 41.8 Å². The van der Waals surface area contributed by atoms with E-state index in [2.05, 4.69) is 10.1 Å². The average molecular weight is 289 g/mol. The van der Waals surface area contributed by atoms with Crippen LogP contribution in [0.1, 0.15) is 24.3 Å². The smallest absolute Gasteiger partial charge is 0.318 e. The van der Waals surface area contributed by atoms with Gasteiger partial charge in [0.15, 0.2) is 0 Å². The summed E-state index contributed by atoms with van der Waals surface area (Å²) < 4.78 is 10.3. The van der Waals surface area contributed by atoms with Crippen molar-refractivity contribution >= 4 is 11.9 Å². The van der Waals surface area contributed by atoms with Gasteiger partial charge in [-0.05, 0) is 24.1 Å². The Labute approximate surface area is 123 Å². The second-order valence-corrected chi connectivity index (χ2v) is 4.82. The standard InChI is InChI=1S/C15H19N3O3/c1-4-20-14(19)12(10-11-8-6-5-7-9-11)13-16-15(17-21-13)18(2)3/h5-9,12H,4,10H2,1-3H3. The Morgan fingerprint density at radius 3 is 2.62 bits per heavy atom. The van der Waals surface area contributed by atoms with Crippen LogP contribution in [-0.4, -0.2) is 36.8 Å². The molecule has 1 atom stereocenters. The van der Waals surface area contributed by atoms with E-state index in [-0.39, 0.29) is 11.9 Å². The summed E-state index contributed by atoms with van der Waals surface area (Å²) in [5.41, 5.74) is 1.01. The van der Waals surface area contributed by atoms with Crippen LogP contribution in [0.15, 0.2) is 34.9 Å². The molecule has 1 aromatic carbocycles. The number of nitrogens with zero attached hydrogens (tertiary/aromatic N) is 3. The monoisotopic (exact) mass is 289 g/mol. The maximum Gasteiger partial charge on any atom is 0.318 e. The van der Waals surface area contributed by atoms with Crippen molar-refractivity contribution in [1.29, 1.82) is 0 Å². The molecule has 0 aliphatic carbocycles. The van der Waals surface area contributed by atoms with Crippen molar-refractivity contribution in [3.63, 3.8) is 0 Å². The summed E-state index contributed by atoms with van der Waals surface area (Å²) in [6, 6.07) is 9.69. The van der Waals surface area contributed by atoms with Crippen LogP contribution in [0.25, 0.3) is 0 Å². The number of carbonyl (C=O) groups excluding carboxylic acids is 1. The largest absolute Gasteiger partial charge is 0.465 e. The number of esters is 1. The highest BCUT2D eigenvalue weighted by Crippen LogP contribution is 2.22. The van der Waals surface area contributed by atoms with Crippen LogP contribution in [0.5, 0.6) is 0 Å². The van der Waals surface area contributed by atoms with E-state index >= 15 is 0 Å². The topological polar surface area (TPSA) is 68.5 Å². The van der Waals surface area contributed by atoms with Gasteiger partial charge in [-0.1, -0.05) is 30.3 Å². The van der Waals surface area contributed by atoms with E-state index in [0.29, 0.717) is 19.0 Å². The molecule has 112 valence electrons. The van der Waals surface area contributed by atoms with Gasteiger partial charge in [0.25, 0.3) is 5.95 Å². The number of anilines is 1. The molecule has 0 bridgehead atoms. The van der Waals surface area contributed by atoms with E-state index in [0.717, 1.165) is 5.56 Å². The first-order chi connectivity index (χ1) is 10.1. The van der Waals surface area contributed by atoms with Crippen LogP contribution in [0.3, 0.4) is 0 Å². The Morgan fingerprint density at radius 2 is 2.05 bits per heavy atom. The van der Waals surface area contributed by atoms with Gasteiger partial charge in [0.2, 0.25) is 5.89 Å². The highest BCUT2D eigenvalue weighted by atomic mass is 16.5. The van der Waals surface area contributed by atoms with Gasteiger partial charge < -0.3 is 14.2 Å². The lowest BCUT2D eigenvalue weighted by atomic mass is 9.99. The van der Waals surface area contributed by atoms with Gasteiger partial charge in [0.05, 0.1) is 6.61 Å². The van der Waals surface area contributed by atoms with E-state index in [4.69, 9.17) is 9.26 Å². The van der Waals surface area contributed by atoms with Crippen molar-refractivity contribution in [2.75, 3.05) is 25.6 Å². The summed E-state index contributed by atoms with van der Waals surface area (Å²) in [4.78, 5) is 18.1. The summed E-state index contributed by atoms with van der Waals surface area (Å²) in [6.45, 7) is 2.09. The zero-order chi connectivity index (χ0) is 15.2. The fourth-order valence-corrected chi connectivity index (χ4v) is 1.91. The number of benzene rings is 1. The first-order valence-electron chi connectivity index (χ1n) is 6.83. The van der Waals surface area contributed by atoms with Gasteiger partial charge in [0.1, 0.15) is 5.92 Å². The molecule has 2 rings (SSSR count).